The summed E-state index contributed by atoms with van der Waals surface area (Å²) in [5.74, 6) is -0.227. The van der Waals surface area contributed by atoms with Gasteiger partial charge >= 0.3 is 12.1 Å². The smallest absolute Gasteiger partial charge is 0.422 e. The number of nitrogens with one attached hydrogen (secondary N) is 1. The molecular weight excluding hydrogens is 393 g/mol. The highest BCUT2D eigenvalue weighted by atomic mass is 32.1. The van der Waals surface area contributed by atoms with Gasteiger partial charge in [0.25, 0.3) is 5.91 Å². The van der Waals surface area contributed by atoms with Crippen LogP contribution in [0.15, 0.2) is 17.6 Å². The zero-order valence-corrected chi connectivity index (χ0v) is 15.7. The Morgan fingerprint density at radius 1 is 1.25 bits per heavy atom. The molecule has 3 fully saturated rings. The van der Waals surface area contributed by atoms with Crippen molar-refractivity contribution >= 4 is 33.3 Å². The second-order valence-electron chi connectivity index (χ2n) is 7.50. The summed E-state index contributed by atoms with van der Waals surface area (Å²) < 4.78 is 41.8. The fraction of sp³-hybridized carbons (Fsp3) is 0.526. The molecule has 1 amide bonds. The van der Waals surface area contributed by atoms with Gasteiger partial charge in [-0.05, 0) is 37.2 Å². The predicted octanol–water partition coefficient (Wildman–Crippen LogP) is 4.32. The molecule has 9 heteroatoms. The first-order valence-electron chi connectivity index (χ1n) is 9.22. The molecule has 2 aromatic rings. The molecule has 3 saturated carbocycles. The Balaban J connectivity index is 1.50. The summed E-state index contributed by atoms with van der Waals surface area (Å²) >= 11 is 1.17. The normalized spacial score (nSPS) is 24.3. The Bertz CT molecular complexity index is 903. The van der Waals surface area contributed by atoms with E-state index in [4.69, 9.17) is 0 Å². The van der Waals surface area contributed by atoms with Gasteiger partial charge in [-0.2, -0.15) is 13.2 Å². The van der Waals surface area contributed by atoms with E-state index in [0.717, 1.165) is 19.3 Å². The van der Waals surface area contributed by atoms with Gasteiger partial charge in [-0.1, -0.05) is 12.8 Å². The largest absolute Gasteiger partial charge is 0.452 e. The van der Waals surface area contributed by atoms with Crippen molar-refractivity contribution in [3.8, 4) is 0 Å². The van der Waals surface area contributed by atoms with E-state index in [1.54, 1.807) is 0 Å². The second-order valence-corrected chi connectivity index (χ2v) is 8.41. The highest BCUT2D eigenvalue weighted by molar-refractivity contribution is 7.17. The van der Waals surface area contributed by atoms with Crippen molar-refractivity contribution in [1.82, 2.24) is 10.3 Å². The van der Waals surface area contributed by atoms with E-state index < -0.39 is 18.8 Å². The van der Waals surface area contributed by atoms with Gasteiger partial charge in [0.05, 0.1) is 10.3 Å². The zero-order chi connectivity index (χ0) is 19.9. The van der Waals surface area contributed by atoms with Crippen molar-refractivity contribution in [1.29, 1.82) is 0 Å². The molecule has 0 spiro atoms. The molecule has 0 aromatic carbocycles. The lowest BCUT2D eigenvalue weighted by molar-refractivity contribution is -0.161. The third-order valence-electron chi connectivity index (χ3n) is 5.65. The zero-order valence-electron chi connectivity index (χ0n) is 14.9. The number of hydrogen-bond acceptors (Lipinski definition) is 5. The molecule has 150 valence electrons. The summed E-state index contributed by atoms with van der Waals surface area (Å²) in [6, 6.07) is 1.59. The van der Waals surface area contributed by atoms with Gasteiger partial charge in [0.15, 0.2) is 6.61 Å². The van der Waals surface area contributed by atoms with Crippen molar-refractivity contribution in [3.63, 3.8) is 0 Å². The number of hydrogen-bond donors (Lipinski definition) is 1. The molecule has 5 nitrogen and oxygen atoms in total. The van der Waals surface area contributed by atoms with E-state index in [-0.39, 0.29) is 23.2 Å². The van der Waals surface area contributed by atoms with Gasteiger partial charge in [-0.25, -0.2) is 9.78 Å². The van der Waals surface area contributed by atoms with Gasteiger partial charge in [0.1, 0.15) is 5.69 Å². The first-order chi connectivity index (χ1) is 13.3. The lowest BCUT2D eigenvalue weighted by atomic mass is 9.68. The molecule has 2 bridgehead atoms. The van der Waals surface area contributed by atoms with Crippen LogP contribution < -0.4 is 5.32 Å². The van der Waals surface area contributed by atoms with Crippen LogP contribution in [-0.2, 0) is 4.74 Å². The number of pyridine rings is 1. The summed E-state index contributed by atoms with van der Waals surface area (Å²) in [7, 11) is 0. The third kappa shape index (κ3) is 3.99. The summed E-state index contributed by atoms with van der Waals surface area (Å²) in [5, 5.41) is 4.85. The van der Waals surface area contributed by atoms with E-state index in [9.17, 15) is 22.8 Å². The van der Waals surface area contributed by atoms with Crippen LogP contribution in [0, 0.1) is 11.8 Å². The fourth-order valence-electron chi connectivity index (χ4n) is 4.24. The molecule has 3 aliphatic carbocycles. The number of aromatic nitrogens is 1. The summed E-state index contributed by atoms with van der Waals surface area (Å²) in [4.78, 5) is 28.8. The van der Waals surface area contributed by atoms with E-state index in [0.29, 0.717) is 21.9 Å². The average Bonchev–Trinajstić information content (AvgIpc) is 3.10. The third-order valence-corrected chi connectivity index (χ3v) is 6.58. The van der Waals surface area contributed by atoms with Crippen LogP contribution in [0.25, 0.3) is 10.1 Å². The van der Waals surface area contributed by atoms with Gasteiger partial charge in [-0.15, -0.1) is 11.3 Å². The van der Waals surface area contributed by atoms with Gasteiger partial charge in [0, 0.05) is 23.0 Å². The van der Waals surface area contributed by atoms with Crippen LogP contribution >= 0.6 is 11.3 Å². The summed E-state index contributed by atoms with van der Waals surface area (Å²) in [5.41, 5.74) is 0.162. The highest BCUT2D eigenvalue weighted by Gasteiger charge is 2.36. The lowest BCUT2D eigenvalue weighted by Crippen LogP contribution is -2.47. The molecule has 1 unspecified atom stereocenters. The molecule has 2 heterocycles. The molecule has 28 heavy (non-hydrogen) atoms. The molecule has 0 saturated heterocycles. The minimum atomic E-state index is -4.59. The first kappa shape index (κ1) is 19.2. The number of carbonyl (C=O) groups excluding carboxylic acids is 2. The Labute approximate surface area is 163 Å². The number of carbonyl (C=O) groups is 2. The molecule has 1 N–H and O–H groups in total. The molecule has 0 radical (unpaired) electrons. The van der Waals surface area contributed by atoms with Crippen molar-refractivity contribution in [2.45, 2.75) is 44.3 Å². The number of fused-ring (bicyclic) bond motifs is 4. The summed E-state index contributed by atoms with van der Waals surface area (Å²) in [6.45, 7) is -1.65. The number of rotatable bonds is 4. The number of halogens is 3. The topological polar surface area (TPSA) is 68.3 Å². The van der Waals surface area contributed by atoms with Crippen molar-refractivity contribution in [2.75, 3.05) is 6.61 Å². The predicted molar refractivity (Wildman–Crippen MR) is 97.3 cm³/mol. The molecule has 0 aliphatic heterocycles. The van der Waals surface area contributed by atoms with Gasteiger partial charge in [-0.3, -0.25) is 4.79 Å². The molecule has 5 rings (SSSR count). The van der Waals surface area contributed by atoms with Crippen LogP contribution in [0.4, 0.5) is 13.2 Å². The van der Waals surface area contributed by atoms with Crippen LogP contribution in [0.1, 0.15) is 53.0 Å². The van der Waals surface area contributed by atoms with E-state index >= 15 is 0 Å². The van der Waals surface area contributed by atoms with Crippen molar-refractivity contribution in [2.24, 2.45) is 11.8 Å². The Morgan fingerprint density at radius 3 is 2.64 bits per heavy atom. The Kier molecular flexibility index (Phi) is 5.03. The van der Waals surface area contributed by atoms with Crippen molar-refractivity contribution in [3.05, 3.63) is 28.9 Å². The second kappa shape index (κ2) is 7.35. The minimum absolute atomic E-state index is 0.0115. The summed E-state index contributed by atoms with van der Waals surface area (Å²) in [6.07, 6.45) is 2.55. The fourth-order valence-corrected chi connectivity index (χ4v) is 5.11. The number of ether oxygens (including phenoxy) is 1. The van der Waals surface area contributed by atoms with Crippen LogP contribution in [-0.4, -0.2) is 35.7 Å². The highest BCUT2D eigenvalue weighted by Crippen LogP contribution is 2.41. The lowest BCUT2D eigenvalue weighted by Gasteiger charge is -2.42. The maximum Gasteiger partial charge on any atom is 0.422 e. The van der Waals surface area contributed by atoms with E-state index in [2.05, 4.69) is 15.0 Å². The monoisotopic (exact) mass is 412 g/mol. The molecule has 3 aliphatic rings. The maximum absolute atomic E-state index is 12.7. The first-order valence-corrected chi connectivity index (χ1v) is 10.1. The maximum atomic E-state index is 12.7. The number of nitrogens with zero attached hydrogens (tertiary/aromatic N) is 1. The molecular formula is C19H19F3N2O3S. The molecule has 2 aromatic heterocycles. The van der Waals surface area contributed by atoms with Crippen LogP contribution in [0.2, 0.25) is 0 Å². The number of alkyl halides is 3. The number of amides is 1. The number of esters is 1. The van der Waals surface area contributed by atoms with E-state index in [1.165, 1.54) is 41.8 Å². The standard InChI is InChI=1S/C19H19F3N2O3S/c20-19(21,22)9-27-18(26)13-8-28-16-7-23-15(6-12(13)16)17(25)24-14-5-10-1-3-11(14)4-2-10/h6-8,10-11,14H,1-5,9H2,(H,24,25). The average molecular weight is 412 g/mol. The van der Waals surface area contributed by atoms with Crippen LogP contribution in [0.3, 0.4) is 0 Å². The molecule has 1 atom stereocenters. The van der Waals surface area contributed by atoms with E-state index in [1.807, 2.05) is 0 Å². The SMILES string of the molecule is O=C(NC1CC2CCC1CC2)c1cc2c(C(=O)OCC(F)(F)F)csc2cn1. The minimum Gasteiger partial charge on any atom is -0.452 e. The quantitative estimate of drug-likeness (QED) is 0.760. The van der Waals surface area contributed by atoms with Crippen LogP contribution in [0.5, 0.6) is 0 Å². The van der Waals surface area contributed by atoms with Gasteiger partial charge in [0.2, 0.25) is 0 Å². The Hall–Kier alpha value is -2.16. The Morgan fingerprint density at radius 2 is 2.00 bits per heavy atom. The number of thiophene rings is 1. The van der Waals surface area contributed by atoms with Crippen molar-refractivity contribution < 1.29 is 27.5 Å². The van der Waals surface area contributed by atoms with Gasteiger partial charge < -0.3 is 10.1 Å².